The molecule has 3 rings (SSSR count). The van der Waals surface area contributed by atoms with Crippen molar-refractivity contribution >= 4 is 5.57 Å². The van der Waals surface area contributed by atoms with Crippen LogP contribution >= 0.6 is 0 Å². The molecule has 0 bridgehead atoms. The van der Waals surface area contributed by atoms with E-state index in [0.29, 0.717) is 11.5 Å². The van der Waals surface area contributed by atoms with Crippen LogP contribution in [0, 0.1) is 17.6 Å². The van der Waals surface area contributed by atoms with E-state index < -0.39 is 23.7 Å². The highest BCUT2D eigenvalue weighted by Crippen LogP contribution is 2.36. The Morgan fingerprint density at radius 2 is 1.67 bits per heavy atom. The quantitative estimate of drug-likeness (QED) is 0.414. The van der Waals surface area contributed by atoms with Gasteiger partial charge in [0.15, 0.2) is 11.6 Å². The van der Waals surface area contributed by atoms with Gasteiger partial charge in [-0.1, -0.05) is 36.4 Å². The molecule has 6 heteroatoms. The Morgan fingerprint density at radius 1 is 1.00 bits per heavy atom. The third kappa shape index (κ3) is 4.38. The zero-order chi connectivity index (χ0) is 19.6. The molecule has 0 amide bonds. The van der Waals surface area contributed by atoms with Crippen LogP contribution in [0.2, 0.25) is 0 Å². The lowest BCUT2D eigenvalue weighted by molar-refractivity contribution is -0.276. The van der Waals surface area contributed by atoms with E-state index in [4.69, 9.17) is 0 Å². The largest absolute Gasteiger partial charge is 0.573 e. The van der Waals surface area contributed by atoms with Crippen LogP contribution in [0.5, 0.6) is 5.75 Å². The van der Waals surface area contributed by atoms with Crippen LogP contribution in [0.15, 0.2) is 55.1 Å². The summed E-state index contributed by atoms with van der Waals surface area (Å²) in [5.41, 5.74) is 2.31. The molecule has 27 heavy (non-hydrogen) atoms. The van der Waals surface area contributed by atoms with Crippen molar-refractivity contribution in [2.75, 3.05) is 0 Å². The summed E-state index contributed by atoms with van der Waals surface area (Å²) in [5.74, 6) is -3.77. The monoisotopic (exact) mass is 380 g/mol. The van der Waals surface area contributed by atoms with Crippen molar-refractivity contribution in [1.29, 1.82) is 0 Å². The molecule has 2 aromatic carbocycles. The second-order valence-electron chi connectivity index (χ2n) is 6.36. The normalized spacial score (nSPS) is 17.4. The van der Waals surface area contributed by atoms with E-state index in [1.54, 1.807) is 24.3 Å². The Labute approximate surface area is 153 Å². The average molecular weight is 380 g/mol. The molecule has 1 nitrogen and oxygen atoms in total. The highest BCUT2D eigenvalue weighted by molar-refractivity contribution is 5.72. The highest BCUT2D eigenvalue weighted by atomic mass is 19.4. The molecule has 0 spiro atoms. The van der Waals surface area contributed by atoms with Gasteiger partial charge in [-0.15, -0.1) is 19.8 Å². The lowest BCUT2D eigenvalue weighted by Crippen LogP contribution is -2.19. The SMILES string of the molecule is C=CC1CC=C(c2ccc(-c3ccc(F)c(OC(F)(F)F)c3F)cc2)CC1. The van der Waals surface area contributed by atoms with Gasteiger partial charge < -0.3 is 4.74 Å². The Hall–Kier alpha value is -2.63. The van der Waals surface area contributed by atoms with Gasteiger partial charge in [-0.25, -0.2) is 8.78 Å². The lowest BCUT2D eigenvalue weighted by Gasteiger charge is -2.19. The Bertz CT molecular complexity index is 865. The molecule has 142 valence electrons. The fourth-order valence-electron chi connectivity index (χ4n) is 3.16. The van der Waals surface area contributed by atoms with Crippen molar-refractivity contribution in [1.82, 2.24) is 0 Å². The van der Waals surface area contributed by atoms with Gasteiger partial charge >= 0.3 is 6.36 Å². The van der Waals surface area contributed by atoms with Crippen molar-refractivity contribution < 1.29 is 26.7 Å². The van der Waals surface area contributed by atoms with Crippen LogP contribution in [0.25, 0.3) is 16.7 Å². The number of benzene rings is 2. The fraction of sp³-hybridized carbons (Fsp3) is 0.238. The first-order valence-corrected chi connectivity index (χ1v) is 8.44. The predicted molar refractivity (Wildman–Crippen MR) is 94.0 cm³/mol. The number of halogens is 5. The van der Waals surface area contributed by atoms with E-state index in [9.17, 15) is 22.0 Å². The lowest BCUT2D eigenvalue weighted by atomic mass is 9.86. The summed E-state index contributed by atoms with van der Waals surface area (Å²) in [6, 6.07) is 8.61. The van der Waals surface area contributed by atoms with Crippen LogP contribution in [-0.2, 0) is 0 Å². The Balaban J connectivity index is 1.89. The smallest absolute Gasteiger partial charge is 0.399 e. The van der Waals surface area contributed by atoms with Gasteiger partial charge in [0.1, 0.15) is 0 Å². The molecular weight excluding hydrogens is 363 g/mol. The predicted octanol–water partition coefficient (Wildman–Crippen LogP) is 6.90. The summed E-state index contributed by atoms with van der Waals surface area (Å²) in [6.45, 7) is 3.80. The number of alkyl halides is 3. The minimum absolute atomic E-state index is 0.161. The molecule has 0 saturated carbocycles. The molecule has 0 heterocycles. The number of allylic oxidation sites excluding steroid dienone is 3. The molecule has 0 radical (unpaired) electrons. The van der Waals surface area contributed by atoms with Gasteiger partial charge in [-0.05, 0) is 54.0 Å². The van der Waals surface area contributed by atoms with Crippen LogP contribution in [0.3, 0.4) is 0 Å². The molecule has 1 atom stereocenters. The second-order valence-corrected chi connectivity index (χ2v) is 6.36. The number of hydrogen-bond acceptors (Lipinski definition) is 1. The molecule has 2 aromatic rings. The van der Waals surface area contributed by atoms with E-state index >= 15 is 0 Å². The van der Waals surface area contributed by atoms with Gasteiger partial charge in [0.2, 0.25) is 5.75 Å². The molecule has 1 aliphatic rings. The zero-order valence-electron chi connectivity index (χ0n) is 14.3. The van der Waals surface area contributed by atoms with Crippen LogP contribution in [0.1, 0.15) is 24.8 Å². The summed E-state index contributed by atoms with van der Waals surface area (Å²) < 4.78 is 68.6. The van der Waals surface area contributed by atoms with E-state index in [1.165, 1.54) is 5.57 Å². The third-order valence-corrected chi connectivity index (χ3v) is 4.62. The average Bonchev–Trinajstić information content (AvgIpc) is 2.65. The summed E-state index contributed by atoms with van der Waals surface area (Å²) >= 11 is 0. The Kier molecular flexibility index (Phi) is 5.35. The first kappa shape index (κ1) is 19.1. The van der Waals surface area contributed by atoms with E-state index in [0.717, 1.165) is 37.0 Å². The summed E-state index contributed by atoms with van der Waals surface area (Å²) in [5, 5.41) is 0. The maximum atomic E-state index is 14.4. The molecular formula is C21H17F5O. The van der Waals surface area contributed by atoms with Gasteiger partial charge in [-0.2, -0.15) is 0 Å². The minimum Gasteiger partial charge on any atom is -0.399 e. The third-order valence-electron chi connectivity index (χ3n) is 4.62. The Morgan fingerprint density at radius 3 is 2.22 bits per heavy atom. The van der Waals surface area contributed by atoms with Crippen molar-refractivity contribution in [3.8, 4) is 16.9 Å². The second kappa shape index (κ2) is 7.55. The standard InChI is InChI=1S/C21H17F5O/c1-2-13-3-5-14(6-4-13)15-7-9-16(10-8-15)17-11-12-18(22)20(19(17)23)27-21(24,25)26/h2,5,7-13H,1,3-4,6H2. The molecule has 1 unspecified atom stereocenters. The van der Waals surface area contributed by atoms with Crippen molar-refractivity contribution in [3.63, 3.8) is 0 Å². The summed E-state index contributed by atoms with van der Waals surface area (Å²) in [6.07, 6.45) is 1.70. The minimum atomic E-state index is -5.18. The first-order valence-electron chi connectivity index (χ1n) is 8.44. The van der Waals surface area contributed by atoms with Crippen LogP contribution in [0.4, 0.5) is 22.0 Å². The van der Waals surface area contributed by atoms with Gasteiger partial charge in [-0.3, -0.25) is 0 Å². The molecule has 0 saturated heterocycles. The van der Waals surface area contributed by atoms with E-state index in [1.807, 2.05) is 6.08 Å². The maximum Gasteiger partial charge on any atom is 0.573 e. The van der Waals surface area contributed by atoms with Gasteiger partial charge in [0.05, 0.1) is 0 Å². The summed E-state index contributed by atoms with van der Waals surface area (Å²) in [7, 11) is 0. The van der Waals surface area contributed by atoms with Crippen LogP contribution < -0.4 is 4.74 Å². The van der Waals surface area contributed by atoms with Crippen molar-refractivity contribution in [3.05, 3.63) is 72.3 Å². The van der Waals surface area contributed by atoms with Crippen molar-refractivity contribution in [2.24, 2.45) is 5.92 Å². The molecule has 0 aliphatic heterocycles. The molecule has 0 aromatic heterocycles. The zero-order valence-corrected chi connectivity index (χ0v) is 14.3. The molecule has 0 N–H and O–H groups in total. The highest BCUT2D eigenvalue weighted by Gasteiger charge is 2.34. The number of rotatable bonds is 4. The summed E-state index contributed by atoms with van der Waals surface area (Å²) in [4.78, 5) is 0. The van der Waals surface area contributed by atoms with Crippen LogP contribution in [-0.4, -0.2) is 6.36 Å². The van der Waals surface area contributed by atoms with Crippen molar-refractivity contribution in [2.45, 2.75) is 25.6 Å². The maximum absolute atomic E-state index is 14.4. The van der Waals surface area contributed by atoms with Gasteiger partial charge in [0.25, 0.3) is 0 Å². The molecule has 0 fully saturated rings. The topological polar surface area (TPSA) is 9.23 Å². The van der Waals surface area contributed by atoms with E-state index in [-0.39, 0.29) is 5.56 Å². The van der Waals surface area contributed by atoms with Gasteiger partial charge in [0, 0.05) is 5.56 Å². The number of hydrogen-bond donors (Lipinski definition) is 0. The molecule has 1 aliphatic carbocycles. The first-order chi connectivity index (χ1) is 12.8. The fourth-order valence-corrected chi connectivity index (χ4v) is 3.16. The number of ether oxygens (including phenoxy) is 1. The van der Waals surface area contributed by atoms with E-state index in [2.05, 4.69) is 17.4 Å².